The minimum absolute atomic E-state index is 0.0412. The average Bonchev–Trinajstić information content (AvgIpc) is 3.08. The molecule has 224 valence electrons. The Kier molecular flexibility index (Phi) is 10.2. The second-order valence-corrected chi connectivity index (χ2v) is 11.5. The first-order valence-corrected chi connectivity index (χ1v) is 15.4. The minimum Gasteiger partial charge on any atom is -0.378 e. The highest BCUT2D eigenvalue weighted by molar-refractivity contribution is 8.00. The molecule has 0 aliphatic carbocycles. The smallest absolute Gasteiger partial charge is 0.272 e. The molecule has 0 aliphatic heterocycles. The molecule has 5 aromatic rings. The maximum Gasteiger partial charge on any atom is 0.272 e. The number of nitrogens with zero attached hydrogens (tertiary/aromatic N) is 1. The molecular weight excluding hydrogens is 579 g/mol. The largest absolute Gasteiger partial charge is 0.378 e. The lowest BCUT2D eigenvalue weighted by Gasteiger charge is -2.13. The van der Waals surface area contributed by atoms with Crippen molar-refractivity contribution < 1.29 is 14.4 Å². The zero-order valence-corrected chi connectivity index (χ0v) is 25.9. The summed E-state index contributed by atoms with van der Waals surface area (Å²) < 4.78 is 0. The summed E-state index contributed by atoms with van der Waals surface area (Å²) >= 11 is 1.43. The molecule has 0 spiro atoms. The van der Waals surface area contributed by atoms with Crippen LogP contribution in [0.1, 0.15) is 26.3 Å². The second kappa shape index (κ2) is 14.9. The summed E-state index contributed by atoms with van der Waals surface area (Å²) in [6, 6.07) is 41.4. The maximum atomic E-state index is 13.4. The highest BCUT2D eigenvalue weighted by atomic mass is 32.2. The summed E-state index contributed by atoms with van der Waals surface area (Å²) in [6.07, 6.45) is 1.65. The van der Waals surface area contributed by atoms with Gasteiger partial charge in [0.05, 0.1) is 5.75 Å². The Morgan fingerprint density at radius 2 is 1.27 bits per heavy atom. The molecule has 0 unspecified atom stereocenters. The van der Waals surface area contributed by atoms with Crippen molar-refractivity contribution in [1.29, 1.82) is 0 Å². The number of anilines is 2. The van der Waals surface area contributed by atoms with Crippen LogP contribution in [-0.4, -0.2) is 37.4 Å². The molecule has 0 aromatic heterocycles. The number of carbonyl (C=O) groups excluding carboxylic acids is 3. The lowest BCUT2D eigenvalue weighted by Crippen LogP contribution is -2.30. The van der Waals surface area contributed by atoms with Crippen molar-refractivity contribution in [2.24, 2.45) is 0 Å². The van der Waals surface area contributed by atoms with Gasteiger partial charge in [-0.25, -0.2) is 0 Å². The number of ketones is 1. The van der Waals surface area contributed by atoms with Crippen LogP contribution < -0.4 is 15.5 Å². The molecule has 2 amide bonds. The van der Waals surface area contributed by atoms with Crippen LogP contribution in [0.2, 0.25) is 0 Å². The summed E-state index contributed by atoms with van der Waals surface area (Å²) in [4.78, 5) is 42.0. The van der Waals surface area contributed by atoms with Crippen LogP contribution in [0.25, 0.3) is 17.2 Å². The van der Waals surface area contributed by atoms with Crippen LogP contribution >= 0.6 is 11.8 Å². The normalized spacial score (nSPS) is 11.0. The van der Waals surface area contributed by atoms with Crippen LogP contribution in [0.15, 0.2) is 144 Å². The number of hydrogen-bond acceptors (Lipinski definition) is 5. The first-order chi connectivity index (χ1) is 21.9. The molecule has 5 aromatic carbocycles. The number of benzene rings is 5. The average molecular weight is 612 g/mol. The Morgan fingerprint density at radius 3 is 1.89 bits per heavy atom. The van der Waals surface area contributed by atoms with E-state index in [1.165, 1.54) is 11.8 Å². The molecule has 0 aliphatic rings. The lowest BCUT2D eigenvalue weighted by molar-refractivity contribution is -0.113. The van der Waals surface area contributed by atoms with E-state index < -0.39 is 5.91 Å². The predicted octanol–water partition coefficient (Wildman–Crippen LogP) is 7.80. The van der Waals surface area contributed by atoms with Crippen molar-refractivity contribution in [2.75, 3.05) is 30.1 Å². The highest BCUT2D eigenvalue weighted by Crippen LogP contribution is 2.24. The van der Waals surface area contributed by atoms with E-state index in [-0.39, 0.29) is 17.4 Å². The molecular formula is C38H33N3O3S. The third-order valence-electron chi connectivity index (χ3n) is 7.05. The Labute approximate surface area is 267 Å². The summed E-state index contributed by atoms with van der Waals surface area (Å²) in [7, 11) is 3.91. The highest BCUT2D eigenvalue weighted by Gasteiger charge is 2.15. The van der Waals surface area contributed by atoms with Gasteiger partial charge >= 0.3 is 0 Å². The molecule has 0 heterocycles. The van der Waals surface area contributed by atoms with Crippen LogP contribution in [0, 0.1) is 0 Å². The summed E-state index contributed by atoms with van der Waals surface area (Å²) in [5, 5.41) is 5.65. The van der Waals surface area contributed by atoms with Crippen LogP contribution in [0.5, 0.6) is 0 Å². The number of carbonyl (C=O) groups is 3. The van der Waals surface area contributed by atoms with E-state index in [2.05, 4.69) is 10.6 Å². The predicted molar refractivity (Wildman–Crippen MR) is 185 cm³/mol. The number of amides is 2. The third-order valence-corrected chi connectivity index (χ3v) is 8.06. The Morgan fingerprint density at radius 1 is 0.667 bits per heavy atom. The van der Waals surface area contributed by atoms with Crippen LogP contribution in [-0.2, 0) is 4.79 Å². The van der Waals surface area contributed by atoms with E-state index in [1.807, 2.05) is 116 Å². The SMILES string of the molecule is CN(C)c1ccc(/C=C(\NC(=O)c2ccccc2)C(=O)Nc2ccc(SCC(=O)c3ccc(-c4ccccc4)cc3)cc2)cc1. The monoisotopic (exact) mass is 611 g/mol. The number of Topliss-reactive ketones (excluding diaryl/α,β-unsaturated/α-hetero) is 1. The number of rotatable bonds is 11. The van der Waals surface area contributed by atoms with Crippen molar-refractivity contribution in [2.45, 2.75) is 4.90 Å². The van der Waals surface area contributed by atoms with E-state index in [4.69, 9.17) is 0 Å². The molecule has 0 fully saturated rings. The third kappa shape index (κ3) is 8.59. The van der Waals surface area contributed by atoms with Gasteiger partial charge in [-0.15, -0.1) is 11.8 Å². The van der Waals surface area contributed by atoms with Gasteiger partial charge in [0.25, 0.3) is 11.8 Å². The molecule has 0 bridgehead atoms. The zero-order valence-electron chi connectivity index (χ0n) is 25.1. The van der Waals surface area contributed by atoms with Gasteiger partial charge in [0.15, 0.2) is 5.78 Å². The fourth-order valence-electron chi connectivity index (χ4n) is 4.52. The topological polar surface area (TPSA) is 78.5 Å². The maximum absolute atomic E-state index is 13.4. The first kappa shape index (κ1) is 31.0. The van der Waals surface area contributed by atoms with Gasteiger partial charge in [-0.3, -0.25) is 14.4 Å². The van der Waals surface area contributed by atoms with Crippen molar-refractivity contribution in [1.82, 2.24) is 5.32 Å². The molecule has 0 saturated heterocycles. The second-order valence-electron chi connectivity index (χ2n) is 10.5. The Balaban J connectivity index is 1.22. The molecule has 7 heteroatoms. The number of nitrogens with one attached hydrogen (secondary N) is 2. The first-order valence-electron chi connectivity index (χ1n) is 14.4. The van der Waals surface area contributed by atoms with Gasteiger partial charge in [0, 0.05) is 41.5 Å². The Bertz CT molecular complexity index is 1780. The number of thioether (sulfide) groups is 1. The van der Waals surface area contributed by atoms with Crippen molar-refractivity contribution >= 4 is 46.8 Å². The molecule has 45 heavy (non-hydrogen) atoms. The van der Waals surface area contributed by atoms with E-state index >= 15 is 0 Å². The zero-order chi connectivity index (χ0) is 31.6. The molecule has 5 rings (SSSR count). The van der Waals surface area contributed by atoms with Gasteiger partial charge in [0.1, 0.15) is 5.70 Å². The summed E-state index contributed by atoms with van der Waals surface area (Å²) in [6.45, 7) is 0. The lowest BCUT2D eigenvalue weighted by atomic mass is 10.0. The summed E-state index contributed by atoms with van der Waals surface area (Å²) in [5.74, 6) is -0.500. The van der Waals surface area contributed by atoms with E-state index in [0.717, 1.165) is 27.3 Å². The van der Waals surface area contributed by atoms with Gasteiger partial charge in [-0.2, -0.15) is 0 Å². The fourth-order valence-corrected chi connectivity index (χ4v) is 5.32. The van der Waals surface area contributed by atoms with Crippen molar-refractivity contribution in [3.63, 3.8) is 0 Å². The van der Waals surface area contributed by atoms with Gasteiger partial charge in [0.2, 0.25) is 0 Å². The van der Waals surface area contributed by atoms with Crippen molar-refractivity contribution in [3.8, 4) is 11.1 Å². The minimum atomic E-state index is -0.453. The van der Waals surface area contributed by atoms with E-state index in [0.29, 0.717) is 22.6 Å². The molecule has 0 atom stereocenters. The standard InChI is InChI=1S/C38H33N3O3S/c1-41(2)33-21-13-27(14-22-33)25-35(40-37(43)31-11-7-4-8-12-31)38(44)39-32-19-23-34(24-20-32)45-26-36(42)30-17-15-29(16-18-30)28-9-5-3-6-10-28/h3-25H,26H2,1-2H3,(H,39,44)(H,40,43)/b35-25-. The summed E-state index contributed by atoms with van der Waals surface area (Å²) in [5.41, 5.74) is 5.76. The molecule has 0 saturated carbocycles. The molecule has 2 N–H and O–H groups in total. The van der Waals surface area contributed by atoms with E-state index in [9.17, 15) is 14.4 Å². The van der Waals surface area contributed by atoms with Crippen LogP contribution in [0.4, 0.5) is 11.4 Å². The van der Waals surface area contributed by atoms with Crippen molar-refractivity contribution in [3.05, 3.63) is 156 Å². The fraction of sp³-hybridized carbons (Fsp3) is 0.0789. The molecule has 0 radical (unpaired) electrons. The van der Waals surface area contributed by atoms with Gasteiger partial charge in [-0.05, 0) is 71.3 Å². The van der Waals surface area contributed by atoms with Gasteiger partial charge < -0.3 is 15.5 Å². The Hall–Kier alpha value is -5.40. The molecule has 6 nitrogen and oxygen atoms in total. The number of hydrogen-bond donors (Lipinski definition) is 2. The quantitative estimate of drug-likeness (QED) is 0.0905. The van der Waals surface area contributed by atoms with Gasteiger partial charge in [-0.1, -0.05) is 84.9 Å². The van der Waals surface area contributed by atoms with E-state index in [1.54, 1.807) is 42.5 Å². The van der Waals surface area contributed by atoms with Crippen LogP contribution in [0.3, 0.4) is 0 Å².